The standard InChI is InChI=1S/C24H40N4O2/c1-4-25-24(26-12-13-28(3)22-7-5-6-8-22)27-16-21-10-9-19(2)15-23(21)30-18-20-11-14-29-17-20/h9-10,15,20,22H,4-8,11-14,16-18H2,1-3H3,(H2,25,26,27). The number of guanidine groups is 1. The number of nitrogens with one attached hydrogen (secondary N) is 2. The highest BCUT2D eigenvalue weighted by atomic mass is 16.5. The Labute approximate surface area is 182 Å². The van der Waals surface area contributed by atoms with Crippen LogP contribution in [0.2, 0.25) is 0 Å². The molecule has 0 amide bonds. The normalized spacial score (nSPS) is 20.1. The van der Waals surface area contributed by atoms with Crippen LogP contribution >= 0.6 is 0 Å². The maximum absolute atomic E-state index is 6.17. The summed E-state index contributed by atoms with van der Waals surface area (Å²) in [6.07, 6.45) is 6.52. The Balaban J connectivity index is 1.53. The summed E-state index contributed by atoms with van der Waals surface area (Å²) >= 11 is 0. The molecule has 1 atom stereocenters. The first-order chi connectivity index (χ1) is 14.7. The molecule has 168 valence electrons. The lowest BCUT2D eigenvalue weighted by Crippen LogP contribution is -2.42. The summed E-state index contributed by atoms with van der Waals surface area (Å²) in [6.45, 7) is 9.97. The Bertz CT molecular complexity index is 667. The predicted octanol–water partition coefficient (Wildman–Crippen LogP) is 3.34. The SMILES string of the molecule is CCNC(=NCc1ccc(C)cc1OCC1CCOC1)NCCN(C)C1CCCC1. The van der Waals surface area contributed by atoms with Gasteiger partial charge in [-0.3, -0.25) is 0 Å². The lowest BCUT2D eigenvalue weighted by molar-refractivity contribution is 0.166. The van der Waals surface area contributed by atoms with Crippen LogP contribution in [-0.4, -0.2) is 63.4 Å². The van der Waals surface area contributed by atoms with Crippen molar-refractivity contribution in [3.63, 3.8) is 0 Å². The van der Waals surface area contributed by atoms with E-state index in [4.69, 9.17) is 14.5 Å². The average Bonchev–Trinajstić information content (AvgIpc) is 3.45. The van der Waals surface area contributed by atoms with Crippen LogP contribution in [0.5, 0.6) is 5.75 Å². The molecular weight excluding hydrogens is 376 g/mol. The van der Waals surface area contributed by atoms with Crippen LogP contribution in [0.15, 0.2) is 23.2 Å². The van der Waals surface area contributed by atoms with Gasteiger partial charge in [0.25, 0.3) is 0 Å². The minimum absolute atomic E-state index is 0.498. The van der Waals surface area contributed by atoms with Crippen molar-refractivity contribution in [3.8, 4) is 5.75 Å². The van der Waals surface area contributed by atoms with Gasteiger partial charge in [0.2, 0.25) is 0 Å². The van der Waals surface area contributed by atoms with E-state index >= 15 is 0 Å². The number of likely N-dealkylation sites (N-methyl/N-ethyl adjacent to an activating group) is 1. The zero-order valence-corrected chi connectivity index (χ0v) is 19.1. The van der Waals surface area contributed by atoms with Gasteiger partial charge in [0.15, 0.2) is 5.96 Å². The van der Waals surface area contributed by atoms with Crippen molar-refractivity contribution < 1.29 is 9.47 Å². The third-order valence-electron chi connectivity index (χ3n) is 6.18. The fourth-order valence-electron chi connectivity index (χ4n) is 4.23. The fraction of sp³-hybridized carbons (Fsp3) is 0.708. The van der Waals surface area contributed by atoms with Crippen molar-refractivity contribution >= 4 is 5.96 Å². The number of hydrogen-bond acceptors (Lipinski definition) is 4. The van der Waals surface area contributed by atoms with Crippen molar-refractivity contribution in [3.05, 3.63) is 29.3 Å². The Morgan fingerprint density at radius 1 is 1.23 bits per heavy atom. The van der Waals surface area contributed by atoms with Gasteiger partial charge in [-0.15, -0.1) is 0 Å². The third-order valence-corrected chi connectivity index (χ3v) is 6.18. The second-order valence-corrected chi connectivity index (χ2v) is 8.69. The molecule has 0 radical (unpaired) electrons. The zero-order valence-electron chi connectivity index (χ0n) is 19.1. The van der Waals surface area contributed by atoms with Crippen molar-refractivity contribution in [1.29, 1.82) is 0 Å². The number of benzene rings is 1. The summed E-state index contributed by atoms with van der Waals surface area (Å²) in [5.41, 5.74) is 2.33. The van der Waals surface area contributed by atoms with Gasteiger partial charge in [0.1, 0.15) is 5.75 Å². The summed E-state index contributed by atoms with van der Waals surface area (Å²) in [6, 6.07) is 7.14. The quantitative estimate of drug-likeness (QED) is 0.453. The van der Waals surface area contributed by atoms with Crippen LogP contribution in [-0.2, 0) is 11.3 Å². The van der Waals surface area contributed by atoms with Gasteiger partial charge in [-0.05, 0) is 51.8 Å². The van der Waals surface area contributed by atoms with E-state index in [1.807, 2.05) is 0 Å². The number of rotatable bonds is 10. The second-order valence-electron chi connectivity index (χ2n) is 8.69. The minimum atomic E-state index is 0.498. The molecule has 30 heavy (non-hydrogen) atoms. The van der Waals surface area contributed by atoms with Gasteiger partial charge in [-0.1, -0.05) is 25.0 Å². The van der Waals surface area contributed by atoms with Crippen LogP contribution in [0.25, 0.3) is 0 Å². The molecule has 1 unspecified atom stereocenters. The molecule has 2 N–H and O–H groups in total. The second kappa shape index (κ2) is 12.2. The Kier molecular flexibility index (Phi) is 9.27. The summed E-state index contributed by atoms with van der Waals surface area (Å²) < 4.78 is 11.6. The molecule has 1 aromatic carbocycles. The van der Waals surface area contributed by atoms with Gasteiger partial charge in [0.05, 0.1) is 19.8 Å². The molecule has 1 saturated carbocycles. The molecule has 1 aromatic rings. The van der Waals surface area contributed by atoms with E-state index in [0.717, 1.165) is 62.6 Å². The average molecular weight is 417 g/mol. The summed E-state index contributed by atoms with van der Waals surface area (Å²) in [4.78, 5) is 7.31. The number of hydrogen-bond donors (Lipinski definition) is 2. The smallest absolute Gasteiger partial charge is 0.191 e. The highest BCUT2D eigenvalue weighted by molar-refractivity contribution is 5.79. The van der Waals surface area contributed by atoms with E-state index in [1.165, 1.54) is 31.2 Å². The number of nitrogens with zero attached hydrogens (tertiary/aromatic N) is 2. The highest BCUT2D eigenvalue weighted by Gasteiger charge is 2.19. The number of aliphatic imine (C=N–C) groups is 1. The van der Waals surface area contributed by atoms with Crippen molar-refractivity contribution in [2.45, 2.75) is 58.5 Å². The molecule has 2 fully saturated rings. The van der Waals surface area contributed by atoms with Crippen molar-refractivity contribution in [2.24, 2.45) is 10.9 Å². The molecule has 3 rings (SSSR count). The topological polar surface area (TPSA) is 58.1 Å². The minimum Gasteiger partial charge on any atom is -0.493 e. The van der Waals surface area contributed by atoms with E-state index in [2.05, 4.69) is 54.6 Å². The Morgan fingerprint density at radius 2 is 2.07 bits per heavy atom. The van der Waals surface area contributed by atoms with E-state index in [-0.39, 0.29) is 0 Å². The molecule has 2 aliphatic rings. The van der Waals surface area contributed by atoms with Crippen LogP contribution in [0.3, 0.4) is 0 Å². The molecule has 1 saturated heterocycles. The van der Waals surface area contributed by atoms with Crippen LogP contribution in [0.1, 0.15) is 50.2 Å². The Hall–Kier alpha value is -1.79. The number of ether oxygens (including phenoxy) is 2. The number of aryl methyl sites for hydroxylation is 1. The predicted molar refractivity (Wildman–Crippen MR) is 123 cm³/mol. The van der Waals surface area contributed by atoms with Crippen LogP contribution in [0, 0.1) is 12.8 Å². The van der Waals surface area contributed by atoms with Crippen LogP contribution in [0.4, 0.5) is 0 Å². The first kappa shape index (κ1) is 22.9. The monoisotopic (exact) mass is 416 g/mol. The van der Waals surface area contributed by atoms with Gasteiger partial charge >= 0.3 is 0 Å². The fourth-order valence-corrected chi connectivity index (χ4v) is 4.23. The Morgan fingerprint density at radius 3 is 2.80 bits per heavy atom. The first-order valence-corrected chi connectivity index (χ1v) is 11.7. The molecule has 1 aliphatic carbocycles. The summed E-state index contributed by atoms with van der Waals surface area (Å²) in [7, 11) is 2.24. The van der Waals surface area contributed by atoms with Crippen molar-refractivity contribution in [1.82, 2.24) is 15.5 Å². The van der Waals surface area contributed by atoms with Crippen molar-refractivity contribution in [2.75, 3.05) is 46.5 Å². The third kappa shape index (κ3) is 7.17. The maximum atomic E-state index is 6.17. The maximum Gasteiger partial charge on any atom is 0.191 e. The summed E-state index contributed by atoms with van der Waals surface area (Å²) in [5, 5.41) is 6.86. The molecule has 1 heterocycles. The van der Waals surface area contributed by atoms with Gasteiger partial charge in [-0.25, -0.2) is 4.99 Å². The summed E-state index contributed by atoms with van der Waals surface area (Å²) in [5.74, 6) is 2.31. The lowest BCUT2D eigenvalue weighted by Gasteiger charge is -2.24. The molecular formula is C24H40N4O2. The zero-order chi connectivity index (χ0) is 21.2. The van der Waals surface area contributed by atoms with E-state index in [9.17, 15) is 0 Å². The van der Waals surface area contributed by atoms with Gasteiger partial charge in [-0.2, -0.15) is 0 Å². The van der Waals surface area contributed by atoms with E-state index in [1.54, 1.807) is 0 Å². The largest absolute Gasteiger partial charge is 0.493 e. The molecule has 0 spiro atoms. The molecule has 6 nitrogen and oxygen atoms in total. The van der Waals surface area contributed by atoms with E-state index in [0.29, 0.717) is 19.1 Å². The molecule has 1 aliphatic heterocycles. The molecule has 0 bridgehead atoms. The van der Waals surface area contributed by atoms with Gasteiger partial charge < -0.3 is 25.0 Å². The molecule has 0 aromatic heterocycles. The van der Waals surface area contributed by atoms with Gasteiger partial charge in [0, 0.05) is 43.8 Å². The first-order valence-electron chi connectivity index (χ1n) is 11.7. The van der Waals surface area contributed by atoms with Crippen LogP contribution < -0.4 is 15.4 Å². The van der Waals surface area contributed by atoms with E-state index < -0.39 is 0 Å². The lowest BCUT2D eigenvalue weighted by atomic mass is 10.1. The molecule has 6 heteroatoms. The highest BCUT2D eigenvalue weighted by Crippen LogP contribution is 2.24.